The van der Waals surface area contributed by atoms with Crippen LogP contribution in [0.2, 0.25) is 0 Å². The zero-order valence-corrected chi connectivity index (χ0v) is 12.2. The van der Waals surface area contributed by atoms with E-state index < -0.39 is 4.92 Å². The number of rotatable bonds is 6. The highest BCUT2D eigenvalue weighted by molar-refractivity contribution is 5.97. The molecule has 1 heterocycles. The molecule has 21 heavy (non-hydrogen) atoms. The summed E-state index contributed by atoms with van der Waals surface area (Å²) in [6.07, 6.45) is 2.27. The molecule has 114 valence electrons. The van der Waals surface area contributed by atoms with Gasteiger partial charge in [-0.1, -0.05) is 0 Å². The summed E-state index contributed by atoms with van der Waals surface area (Å²) in [7, 11) is 0. The molecule has 1 aromatic rings. The quantitative estimate of drug-likeness (QED) is 0.457. The number of carbonyl (C=O) groups excluding carboxylic acids is 1. The Labute approximate surface area is 123 Å². The molecular formula is C15H20N2O4. The average Bonchev–Trinajstić information content (AvgIpc) is 2.48. The first-order valence-electron chi connectivity index (χ1n) is 7.21. The second kappa shape index (κ2) is 7.28. The number of nitro benzene ring substituents is 1. The Kier molecular flexibility index (Phi) is 5.41. The maximum Gasteiger partial charge on any atom is 0.269 e. The van der Waals surface area contributed by atoms with E-state index >= 15 is 0 Å². The zero-order valence-electron chi connectivity index (χ0n) is 12.2. The lowest BCUT2D eigenvalue weighted by Gasteiger charge is -2.31. The summed E-state index contributed by atoms with van der Waals surface area (Å²) in [5, 5.41) is 10.6. The van der Waals surface area contributed by atoms with Crippen LogP contribution in [0.25, 0.3) is 0 Å². The highest BCUT2D eigenvalue weighted by atomic mass is 16.6. The van der Waals surface area contributed by atoms with Crippen molar-refractivity contribution in [3.8, 4) is 0 Å². The molecule has 1 aliphatic rings. The molecule has 1 aliphatic heterocycles. The fourth-order valence-corrected chi connectivity index (χ4v) is 2.59. The summed E-state index contributed by atoms with van der Waals surface area (Å²) in [5.74, 6) is -0.0120. The van der Waals surface area contributed by atoms with Crippen LogP contribution in [0.1, 0.15) is 30.1 Å². The van der Waals surface area contributed by atoms with Crippen molar-refractivity contribution in [2.24, 2.45) is 0 Å². The molecule has 0 aromatic heterocycles. The van der Waals surface area contributed by atoms with E-state index in [4.69, 9.17) is 4.74 Å². The number of benzene rings is 1. The van der Waals surface area contributed by atoms with Gasteiger partial charge in [0, 0.05) is 30.8 Å². The van der Waals surface area contributed by atoms with Crippen molar-refractivity contribution in [3.05, 3.63) is 39.9 Å². The molecular weight excluding hydrogens is 272 g/mol. The van der Waals surface area contributed by atoms with E-state index in [0.717, 1.165) is 25.9 Å². The fourth-order valence-electron chi connectivity index (χ4n) is 2.59. The second-order valence-electron chi connectivity index (χ2n) is 5.18. The van der Waals surface area contributed by atoms with E-state index in [0.29, 0.717) is 18.7 Å². The van der Waals surface area contributed by atoms with E-state index in [1.54, 1.807) is 0 Å². The number of ketones is 1. The van der Waals surface area contributed by atoms with Crippen molar-refractivity contribution in [2.45, 2.75) is 25.9 Å². The Hall–Kier alpha value is -1.79. The number of nitrogens with zero attached hydrogens (tertiary/aromatic N) is 2. The van der Waals surface area contributed by atoms with Gasteiger partial charge >= 0.3 is 0 Å². The van der Waals surface area contributed by atoms with Crippen LogP contribution < -0.4 is 0 Å². The molecule has 0 radical (unpaired) electrons. The first-order chi connectivity index (χ1) is 10.1. The lowest BCUT2D eigenvalue weighted by Crippen LogP contribution is -2.42. The number of likely N-dealkylation sites (tertiary alicyclic amines) is 1. The molecule has 6 nitrogen and oxygen atoms in total. The minimum atomic E-state index is -0.467. The van der Waals surface area contributed by atoms with Gasteiger partial charge in [0.2, 0.25) is 0 Å². The molecule has 0 spiro atoms. The van der Waals surface area contributed by atoms with Crippen molar-refractivity contribution < 1.29 is 14.5 Å². The average molecular weight is 292 g/mol. The number of nitro groups is 1. The minimum Gasteiger partial charge on any atom is -0.377 e. The third-order valence-electron chi connectivity index (χ3n) is 3.63. The lowest BCUT2D eigenvalue weighted by molar-refractivity contribution is -0.384. The van der Waals surface area contributed by atoms with Gasteiger partial charge in [-0.15, -0.1) is 0 Å². The summed E-state index contributed by atoms with van der Waals surface area (Å²) in [6.45, 7) is 4.66. The molecule has 6 heteroatoms. The molecule has 1 aromatic carbocycles. The van der Waals surface area contributed by atoms with Gasteiger partial charge in [0.25, 0.3) is 5.69 Å². The monoisotopic (exact) mass is 292 g/mol. The number of piperidine rings is 1. The summed E-state index contributed by atoms with van der Waals surface area (Å²) in [4.78, 5) is 24.4. The van der Waals surface area contributed by atoms with Gasteiger partial charge in [-0.3, -0.25) is 19.8 Å². The Balaban J connectivity index is 1.92. The van der Waals surface area contributed by atoms with Crippen LogP contribution in [0.5, 0.6) is 0 Å². The number of Topliss-reactive ketones (excluding diaryl/α,β-unsaturated/α-hetero) is 1. The van der Waals surface area contributed by atoms with Crippen LogP contribution in [0.15, 0.2) is 24.3 Å². The molecule has 2 rings (SSSR count). The molecule has 1 fully saturated rings. The number of hydrogen-bond acceptors (Lipinski definition) is 5. The molecule has 1 saturated heterocycles. The Bertz CT molecular complexity index is 499. The fraction of sp³-hybridized carbons (Fsp3) is 0.533. The smallest absolute Gasteiger partial charge is 0.269 e. The van der Waals surface area contributed by atoms with Gasteiger partial charge in [-0.05, 0) is 38.4 Å². The Morgan fingerprint density at radius 3 is 2.76 bits per heavy atom. The van der Waals surface area contributed by atoms with Gasteiger partial charge in [0.1, 0.15) is 0 Å². The summed E-state index contributed by atoms with van der Waals surface area (Å²) in [5.41, 5.74) is 0.514. The van der Waals surface area contributed by atoms with Crippen molar-refractivity contribution in [1.82, 2.24) is 4.90 Å². The van der Waals surface area contributed by atoms with Crippen molar-refractivity contribution in [3.63, 3.8) is 0 Å². The van der Waals surface area contributed by atoms with Crippen molar-refractivity contribution in [2.75, 3.05) is 26.2 Å². The lowest BCUT2D eigenvalue weighted by atomic mass is 10.1. The molecule has 1 atom stereocenters. The Morgan fingerprint density at radius 1 is 1.43 bits per heavy atom. The van der Waals surface area contributed by atoms with Gasteiger partial charge < -0.3 is 4.74 Å². The van der Waals surface area contributed by atoms with E-state index in [9.17, 15) is 14.9 Å². The van der Waals surface area contributed by atoms with E-state index in [1.807, 2.05) is 6.92 Å². The largest absolute Gasteiger partial charge is 0.377 e. The highest BCUT2D eigenvalue weighted by Gasteiger charge is 2.22. The Morgan fingerprint density at radius 2 is 2.14 bits per heavy atom. The number of hydrogen-bond donors (Lipinski definition) is 0. The van der Waals surface area contributed by atoms with Crippen molar-refractivity contribution in [1.29, 1.82) is 0 Å². The van der Waals surface area contributed by atoms with Crippen molar-refractivity contribution >= 4 is 11.5 Å². The highest BCUT2D eigenvalue weighted by Crippen LogP contribution is 2.16. The first-order valence-corrected chi connectivity index (χ1v) is 7.21. The van der Waals surface area contributed by atoms with Gasteiger partial charge in [-0.2, -0.15) is 0 Å². The van der Waals surface area contributed by atoms with E-state index in [-0.39, 0.29) is 17.6 Å². The predicted molar refractivity (Wildman–Crippen MR) is 78.5 cm³/mol. The first kappa shape index (κ1) is 15.6. The van der Waals surface area contributed by atoms with Gasteiger partial charge in [-0.25, -0.2) is 0 Å². The van der Waals surface area contributed by atoms with Crippen LogP contribution in [0.3, 0.4) is 0 Å². The topological polar surface area (TPSA) is 72.7 Å². The number of ether oxygens (including phenoxy) is 1. The van der Waals surface area contributed by atoms with Gasteiger partial charge in [0.05, 0.1) is 17.6 Å². The zero-order chi connectivity index (χ0) is 15.2. The molecule has 0 bridgehead atoms. The predicted octanol–water partition coefficient (Wildman–Crippen LogP) is 2.28. The molecule has 0 saturated carbocycles. The van der Waals surface area contributed by atoms with Gasteiger partial charge in [0.15, 0.2) is 5.78 Å². The third kappa shape index (κ3) is 4.34. The summed E-state index contributed by atoms with van der Waals surface area (Å²) < 4.78 is 5.61. The van der Waals surface area contributed by atoms with Crippen LogP contribution in [-0.4, -0.2) is 48.0 Å². The number of non-ortho nitro benzene ring substituents is 1. The maximum absolute atomic E-state index is 12.2. The molecule has 0 amide bonds. The van der Waals surface area contributed by atoms with Crippen LogP contribution in [0, 0.1) is 10.1 Å². The second-order valence-corrected chi connectivity index (χ2v) is 5.18. The van der Waals surface area contributed by atoms with E-state index in [1.165, 1.54) is 24.3 Å². The minimum absolute atomic E-state index is 0.000863. The standard InChI is InChI=1S/C15H20N2O4/c1-2-21-14-4-3-9-16(10-14)11-15(18)12-5-7-13(8-6-12)17(19)20/h5-8,14H,2-4,9-11H2,1H3. The third-order valence-corrected chi connectivity index (χ3v) is 3.63. The van der Waals surface area contributed by atoms with E-state index in [2.05, 4.69) is 4.90 Å². The van der Waals surface area contributed by atoms with Crippen LogP contribution >= 0.6 is 0 Å². The van der Waals surface area contributed by atoms with Crippen LogP contribution in [-0.2, 0) is 4.74 Å². The number of carbonyl (C=O) groups is 1. The van der Waals surface area contributed by atoms with Crippen LogP contribution in [0.4, 0.5) is 5.69 Å². The SMILES string of the molecule is CCOC1CCCN(CC(=O)c2ccc([N+](=O)[O-])cc2)C1. The summed E-state index contributed by atoms with van der Waals surface area (Å²) >= 11 is 0. The maximum atomic E-state index is 12.2. The molecule has 0 N–H and O–H groups in total. The molecule has 1 unspecified atom stereocenters. The normalized spacial score (nSPS) is 19.4. The summed E-state index contributed by atoms with van der Waals surface area (Å²) in [6, 6.07) is 5.77. The molecule has 0 aliphatic carbocycles.